The fourth-order valence-electron chi connectivity index (χ4n) is 2.29. The zero-order valence-corrected chi connectivity index (χ0v) is 13.9. The van der Waals surface area contributed by atoms with Crippen LogP contribution in [0.5, 0.6) is 5.75 Å². The van der Waals surface area contributed by atoms with Gasteiger partial charge in [0.15, 0.2) is 0 Å². The van der Waals surface area contributed by atoms with E-state index >= 15 is 0 Å². The van der Waals surface area contributed by atoms with Crippen LogP contribution < -0.4 is 5.32 Å². The molecular formula is C15H26N2O3S. The molecule has 0 radical (unpaired) electrons. The molecule has 0 aromatic heterocycles. The Morgan fingerprint density at radius 2 is 1.86 bits per heavy atom. The predicted octanol–water partition coefficient (Wildman–Crippen LogP) is 2.10. The van der Waals surface area contributed by atoms with E-state index in [1.54, 1.807) is 12.1 Å². The number of phenols is 1. The second-order valence-electron chi connectivity index (χ2n) is 5.11. The first kappa shape index (κ1) is 17.9. The molecule has 2 N–H and O–H groups in total. The van der Waals surface area contributed by atoms with Crippen LogP contribution in [0.1, 0.15) is 38.3 Å². The van der Waals surface area contributed by atoms with Crippen molar-refractivity contribution in [3.63, 3.8) is 0 Å². The first-order valence-corrected chi connectivity index (χ1v) is 9.20. The minimum atomic E-state index is -3.10. The fraction of sp³-hybridized carbons (Fsp3) is 0.600. The summed E-state index contributed by atoms with van der Waals surface area (Å²) in [6, 6.07) is 7.40. The van der Waals surface area contributed by atoms with Crippen LogP contribution in [-0.4, -0.2) is 43.7 Å². The molecule has 1 aromatic rings. The lowest BCUT2D eigenvalue weighted by Gasteiger charge is -2.20. The molecule has 0 bridgehead atoms. The summed E-state index contributed by atoms with van der Waals surface area (Å²) in [5.74, 6) is 0.264. The molecule has 0 spiro atoms. The van der Waals surface area contributed by atoms with E-state index in [0.717, 1.165) is 24.9 Å². The van der Waals surface area contributed by atoms with Gasteiger partial charge in [-0.1, -0.05) is 26.0 Å². The van der Waals surface area contributed by atoms with Gasteiger partial charge in [-0.2, -0.15) is 0 Å². The number of nitrogens with one attached hydrogen (secondary N) is 1. The number of hydrogen-bond acceptors (Lipinski definition) is 4. The molecule has 1 unspecified atom stereocenters. The zero-order valence-electron chi connectivity index (χ0n) is 13.0. The van der Waals surface area contributed by atoms with Gasteiger partial charge in [-0.3, -0.25) is 0 Å². The van der Waals surface area contributed by atoms with Crippen molar-refractivity contribution < 1.29 is 13.5 Å². The van der Waals surface area contributed by atoms with E-state index in [1.165, 1.54) is 10.6 Å². The fourth-order valence-corrected chi connectivity index (χ4v) is 3.22. The SMILES string of the molecule is CCC(NCCCN(CC)S(C)(=O)=O)c1ccc(O)cc1. The molecule has 1 atom stereocenters. The molecule has 6 heteroatoms. The van der Waals surface area contributed by atoms with Crippen LogP contribution in [0.15, 0.2) is 24.3 Å². The maximum Gasteiger partial charge on any atom is 0.211 e. The van der Waals surface area contributed by atoms with E-state index in [9.17, 15) is 13.5 Å². The number of sulfonamides is 1. The lowest BCUT2D eigenvalue weighted by molar-refractivity contribution is 0.409. The molecule has 0 saturated carbocycles. The monoisotopic (exact) mass is 314 g/mol. The van der Waals surface area contributed by atoms with Crippen LogP contribution in [0.3, 0.4) is 0 Å². The first-order chi connectivity index (χ1) is 9.88. The summed E-state index contributed by atoms with van der Waals surface area (Å²) in [6.45, 7) is 5.74. The van der Waals surface area contributed by atoms with Gasteiger partial charge in [0.1, 0.15) is 5.75 Å². The second-order valence-corrected chi connectivity index (χ2v) is 7.10. The summed E-state index contributed by atoms with van der Waals surface area (Å²) >= 11 is 0. The van der Waals surface area contributed by atoms with E-state index in [4.69, 9.17) is 0 Å². The Bertz CT molecular complexity index is 514. The van der Waals surface area contributed by atoms with Crippen molar-refractivity contribution >= 4 is 10.0 Å². The Morgan fingerprint density at radius 3 is 2.33 bits per heavy atom. The maximum absolute atomic E-state index is 11.5. The van der Waals surface area contributed by atoms with Crippen molar-refractivity contribution in [3.05, 3.63) is 29.8 Å². The second kappa shape index (κ2) is 8.36. The van der Waals surface area contributed by atoms with E-state index in [-0.39, 0.29) is 11.8 Å². The number of hydrogen-bond donors (Lipinski definition) is 2. The first-order valence-electron chi connectivity index (χ1n) is 7.35. The summed E-state index contributed by atoms with van der Waals surface area (Å²) in [5, 5.41) is 12.7. The van der Waals surface area contributed by atoms with Gasteiger partial charge in [-0.05, 0) is 37.1 Å². The van der Waals surface area contributed by atoms with Gasteiger partial charge >= 0.3 is 0 Å². The lowest BCUT2D eigenvalue weighted by Crippen LogP contribution is -2.33. The minimum Gasteiger partial charge on any atom is -0.508 e. The highest BCUT2D eigenvalue weighted by atomic mass is 32.2. The van der Waals surface area contributed by atoms with Crippen molar-refractivity contribution in [2.75, 3.05) is 25.9 Å². The summed E-state index contributed by atoms with van der Waals surface area (Å²) in [6.07, 6.45) is 2.96. The van der Waals surface area contributed by atoms with Crippen LogP contribution in [0.25, 0.3) is 0 Å². The molecule has 0 fully saturated rings. The van der Waals surface area contributed by atoms with E-state index in [1.807, 2.05) is 19.1 Å². The third-order valence-electron chi connectivity index (χ3n) is 3.50. The highest BCUT2D eigenvalue weighted by Gasteiger charge is 2.14. The average molecular weight is 314 g/mol. The Morgan fingerprint density at radius 1 is 1.24 bits per heavy atom. The summed E-state index contributed by atoms with van der Waals surface area (Å²) < 4.78 is 24.4. The quantitative estimate of drug-likeness (QED) is 0.685. The number of nitrogens with zero attached hydrogens (tertiary/aromatic N) is 1. The molecule has 1 rings (SSSR count). The number of benzene rings is 1. The van der Waals surface area contributed by atoms with E-state index in [0.29, 0.717) is 13.1 Å². The minimum absolute atomic E-state index is 0.221. The lowest BCUT2D eigenvalue weighted by atomic mass is 10.0. The summed E-state index contributed by atoms with van der Waals surface area (Å²) in [4.78, 5) is 0. The summed E-state index contributed by atoms with van der Waals surface area (Å²) in [5.41, 5.74) is 1.13. The smallest absolute Gasteiger partial charge is 0.211 e. The molecule has 0 amide bonds. The molecule has 0 aliphatic rings. The van der Waals surface area contributed by atoms with Gasteiger partial charge in [0.25, 0.3) is 0 Å². The molecular weight excluding hydrogens is 288 g/mol. The highest BCUT2D eigenvalue weighted by Crippen LogP contribution is 2.19. The van der Waals surface area contributed by atoms with Crippen LogP contribution in [-0.2, 0) is 10.0 Å². The van der Waals surface area contributed by atoms with Crippen molar-refractivity contribution in [1.29, 1.82) is 0 Å². The average Bonchev–Trinajstić information content (AvgIpc) is 2.43. The molecule has 0 aliphatic heterocycles. The van der Waals surface area contributed by atoms with Gasteiger partial charge < -0.3 is 10.4 Å². The van der Waals surface area contributed by atoms with Crippen molar-refractivity contribution in [2.24, 2.45) is 0 Å². The Labute approximate surface area is 128 Å². The number of phenolic OH excluding ortho intramolecular Hbond substituents is 1. The van der Waals surface area contributed by atoms with Crippen LogP contribution in [0, 0.1) is 0 Å². The third kappa shape index (κ3) is 6.03. The molecule has 0 heterocycles. The van der Waals surface area contributed by atoms with Crippen molar-refractivity contribution in [3.8, 4) is 5.75 Å². The van der Waals surface area contributed by atoms with Crippen LogP contribution in [0.4, 0.5) is 0 Å². The molecule has 1 aromatic carbocycles. The number of rotatable bonds is 9. The van der Waals surface area contributed by atoms with Gasteiger partial charge in [0, 0.05) is 19.1 Å². The van der Waals surface area contributed by atoms with Gasteiger partial charge in [-0.25, -0.2) is 12.7 Å². The predicted molar refractivity (Wildman–Crippen MR) is 85.8 cm³/mol. The van der Waals surface area contributed by atoms with Crippen molar-refractivity contribution in [1.82, 2.24) is 9.62 Å². The Hall–Kier alpha value is -1.11. The topological polar surface area (TPSA) is 69.6 Å². The normalized spacial score (nSPS) is 13.5. The highest BCUT2D eigenvalue weighted by molar-refractivity contribution is 7.88. The van der Waals surface area contributed by atoms with Crippen LogP contribution in [0.2, 0.25) is 0 Å². The third-order valence-corrected chi connectivity index (χ3v) is 4.88. The van der Waals surface area contributed by atoms with Crippen LogP contribution >= 0.6 is 0 Å². The van der Waals surface area contributed by atoms with Gasteiger partial charge in [0.2, 0.25) is 10.0 Å². The molecule has 5 nitrogen and oxygen atoms in total. The molecule has 0 aliphatic carbocycles. The largest absolute Gasteiger partial charge is 0.508 e. The molecule has 21 heavy (non-hydrogen) atoms. The molecule has 120 valence electrons. The van der Waals surface area contributed by atoms with E-state index in [2.05, 4.69) is 12.2 Å². The Kier molecular flexibility index (Phi) is 7.14. The standard InChI is InChI=1S/C15H26N2O3S/c1-4-15(13-7-9-14(18)10-8-13)16-11-6-12-17(5-2)21(3,19)20/h7-10,15-16,18H,4-6,11-12H2,1-3H3. The van der Waals surface area contributed by atoms with E-state index < -0.39 is 10.0 Å². The van der Waals surface area contributed by atoms with Gasteiger partial charge in [0.05, 0.1) is 6.26 Å². The van der Waals surface area contributed by atoms with Crippen molar-refractivity contribution in [2.45, 2.75) is 32.7 Å². The zero-order chi connectivity index (χ0) is 15.9. The summed E-state index contributed by atoms with van der Waals surface area (Å²) in [7, 11) is -3.10. The maximum atomic E-state index is 11.5. The molecule has 0 saturated heterocycles. The number of aromatic hydroxyl groups is 1. The Balaban J connectivity index is 2.44. The van der Waals surface area contributed by atoms with Gasteiger partial charge in [-0.15, -0.1) is 0 Å².